The summed E-state index contributed by atoms with van der Waals surface area (Å²) in [5.41, 5.74) is 4.61. The van der Waals surface area contributed by atoms with E-state index >= 15 is 0 Å². The zero-order valence-corrected chi connectivity index (χ0v) is 16.6. The van der Waals surface area contributed by atoms with Gasteiger partial charge in [-0.3, -0.25) is 0 Å². The zero-order valence-electron chi connectivity index (χ0n) is 16.6. The van der Waals surface area contributed by atoms with Gasteiger partial charge < -0.3 is 15.6 Å². The molecule has 0 radical (unpaired) electrons. The summed E-state index contributed by atoms with van der Waals surface area (Å²) in [5.74, 6) is 0.819. The van der Waals surface area contributed by atoms with Gasteiger partial charge in [-0.2, -0.15) is 5.10 Å². The molecule has 148 valence electrons. The van der Waals surface area contributed by atoms with Gasteiger partial charge in [0.2, 0.25) is 0 Å². The van der Waals surface area contributed by atoms with Crippen molar-refractivity contribution in [2.24, 2.45) is 4.99 Å². The summed E-state index contributed by atoms with van der Waals surface area (Å²) < 4.78 is 1.88. The predicted octanol–water partition coefficient (Wildman–Crippen LogP) is 3.65. The number of nitrogens with zero attached hydrogens (tertiary/aromatic N) is 3. The van der Waals surface area contributed by atoms with Gasteiger partial charge in [0.25, 0.3) is 0 Å². The van der Waals surface area contributed by atoms with Gasteiger partial charge in [-0.15, -0.1) is 0 Å². The molecule has 0 aliphatic rings. The first-order chi connectivity index (χ1) is 14.3. The lowest BCUT2D eigenvalue weighted by Gasteiger charge is -2.10. The van der Waals surface area contributed by atoms with Crippen LogP contribution in [0.2, 0.25) is 0 Å². The number of benzene rings is 2. The largest absolute Gasteiger partial charge is 0.361 e. The number of guanidine groups is 1. The van der Waals surface area contributed by atoms with Gasteiger partial charge >= 0.3 is 0 Å². The highest BCUT2D eigenvalue weighted by Crippen LogP contribution is 2.17. The van der Waals surface area contributed by atoms with Crippen molar-refractivity contribution in [1.82, 2.24) is 25.4 Å². The normalized spacial score (nSPS) is 11.7. The van der Waals surface area contributed by atoms with Gasteiger partial charge in [0.1, 0.15) is 0 Å². The van der Waals surface area contributed by atoms with Crippen LogP contribution in [0.3, 0.4) is 0 Å². The van der Waals surface area contributed by atoms with Gasteiger partial charge in [-0.25, -0.2) is 9.67 Å². The molecule has 0 saturated carbocycles. The van der Waals surface area contributed by atoms with Gasteiger partial charge in [0.15, 0.2) is 5.96 Å². The summed E-state index contributed by atoms with van der Waals surface area (Å²) in [5, 5.41) is 12.5. The quantitative estimate of drug-likeness (QED) is 0.335. The third kappa shape index (κ3) is 4.66. The summed E-state index contributed by atoms with van der Waals surface area (Å²) in [6, 6.07) is 18.5. The Morgan fingerprint density at radius 2 is 1.90 bits per heavy atom. The molecule has 0 spiro atoms. The van der Waals surface area contributed by atoms with Crippen LogP contribution in [0.5, 0.6) is 0 Å². The van der Waals surface area contributed by atoms with E-state index in [2.05, 4.69) is 58.1 Å². The van der Waals surface area contributed by atoms with Crippen molar-refractivity contribution in [3.05, 3.63) is 84.3 Å². The molecule has 0 fully saturated rings. The Kier molecular flexibility index (Phi) is 5.90. The molecule has 6 heteroatoms. The molecule has 0 atom stereocenters. The lowest BCUT2D eigenvalue weighted by molar-refractivity contribution is 0.801. The van der Waals surface area contributed by atoms with Crippen LogP contribution in [-0.4, -0.2) is 33.8 Å². The number of H-pyrrole nitrogens is 1. The molecule has 2 aromatic heterocycles. The van der Waals surface area contributed by atoms with E-state index in [0.29, 0.717) is 6.54 Å². The van der Waals surface area contributed by atoms with E-state index in [0.717, 1.165) is 36.7 Å². The highest BCUT2D eigenvalue weighted by molar-refractivity contribution is 5.83. The van der Waals surface area contributed by atoms with Crippen LogP contribution in [0.15, 0.2) is 78.2 Å². The van der Waals surface area contributed by atoms with Gasteiger partial charge in [-0.05, 0) is 37.1 Å². The second-order valence-electron chi connectivity index (χ2n) is 6.86. The number of rotatable bonds is 7. The third-order valence-electron chi connectivity index (χ3n) is 4.78. The molecule has 0 saturated heterocycles. The monoisotopic (exact) mass is 386 g/mol. The van der Waals surface area contributed by atoms with E-state index in [9.17, 15) is 0 Å². The Morgan fingerprint density at radius 3 is 2.76 bits per heavy atom. The molecule has 6 nitrogen and oxygen atoms in total. The lowest BCUT2D eigenvalue weighted by atomic mass is 10.1. The molecule has 3 N–H and O–H groups in total. The van der Waals surface area contributed by atoms with Crippen molar-refractivity contribution in [2.45, 2.75) is 19.9 Å². The maximum atomic E-state index is 4.71. The molecular weight excluding hydrogens is 360 g/mol. The van der Waals surface area contributed by atoms with E-state index in [1.54, 1.807) is 0 Å². The van der Waals surface area contributed by atoms with Crippen LogP contribution in [0, 0.1) is 0 Å². The van der Waals surface area contributed by atoms with Crippen LogP contribution in [0.4, 0.5) is 0 Å². The average Bonchev–Trinajstić information content (AvgIpc) is 3.40. The van der Waals surface area contributed by atoms with Crippen LogP contribution < -0.4 is 10.6 Å². The first-order valence-electron chi connectivity index (χ1n) is 9.99. The number of hydrogen-bond acceptors (Lipinski definition) is 2. The first kappa shape index (κ1) is 18.8. The van der Waals surface area contributed by atoms with Crippen LogP contribution in [0.25, 0.3) is 16.6 Å². The fourth-order valence-corrected chi connectivity index (χ4v) is 3.33. The Bertz CT molecular complexity index is 1080. The molecule has 2 heterocycles. The number of aromatic amines is 1. The van der Waals surface area contributed by atoms with E-state index < -0.39 is 0 Å². The van der Waals surface area contributed by atoms with Crippen molar-refractivity contribution < 1.29 is 0 Å². The maximum Gasteiger partial charge on any atom is 0.191 e. The Morgan fingerprint density at radius 1 is 1.07 bits per heavy atom. The third-order valence-corrected chi connectivity index (χ3v) is 4.78. The molecule has 0 aliphatic carbocycles. The Hall–Kier alpha value is -3.54. The van der Waals surface area contributed by atoms with Gasteiger partial charge in [0.05, 0.1) is 18.4 Å². The highest BCUT2D eigenvalue weighted by atomic mass is 15.3. The molecule has 2 aromatic carbocycles. The van der Waals surface area contributed by atoms with Crippen molar-refractivity contribution in [3.8, 4) is 5.69 Å². The fourth-order valence-electron chi connectivity index (χ4n) is 3.33. The van der Waals surface area contributed by atoms with E-state index in [4.69, 9.17) is 4.99 Å². The fraction of sp³-hybridized carbons (Fsp3) is 0.217. The summed E-state index contributed by atoms with van der Waals surface area (Å²) in [6.07, 6.45) is 6.91. The minimum atomic E-state index is 0.579. The number of aliphatic imine (C=N–C) groups is 1. The molecule has 4 aromatic rings. The Balaban J connectivity index is 1.36. The van der Waals surface area contributed by atoms with Crippen LogP contribution in [0.1, 0.15) is 18.1 Å². The zero-order chi connectivity index (χ0) is 19.9. The average molecular weight is 387 g/mol. The van der Waals surface area contributed by atoms with Crippen molar-refractivity contribution in [2.75, 3.05) is 13.1 Å². The first-order valence-corrected chi connectivity index (χ1v) is 9.99. The molecule has 0 aliphatic heterocycles. The number of para-hydroxylation sites is 2. The summed E-state index contributed by atoms with van der Waals surface area (Å²) in [6.45, 7) is 4.29. The molecule has 0 amide bonds. The second-order valence-corrected chi connectivity index (χ2v) is 6.86. The topological polar surface area (TPSA) is 70.0 Å². The summed E-state index contributed by atoms with van der Waals surface area (Å²) >= 11 is 0. The standard InChI is InChI=1S/C23H26N6/c1-2-24-23(25-13-12-19-16-26-22-11-7-6-10-21(19)22)27-14-18-15-28-29(17-18)20-8-4-3-5-9-20/h3-11,15-17,26H,2,12-14H2,1H3,(H2,24,25,27). The summed E-state index contributed by atoms with van der Waals surface area (Å²) in [7, 11) is 0. The number of hydrogen-bond donors (Lipinski definition) is 3. The molecule has 0 bridgehead atoms. The van der Waals surface area contributed by atoms with Crippen LogP contribution >= 0.6 is 0 Å². The van der Waals surface area contributed by atoms with Crippen molar-refractivity contribution in [3.63, 3.8) is 0 Å². The maximum absolute atomic E-state index is 4.71. The summed E-state index contributed by atoms with van der Waals surface area (Å²) in [4.78, 5) is 8.04. The smallest absolute Gasteiger partial charge is 0.191 e. The second kappa shape index (κ2) is 9.10. The highest BCUT2D eigenvalue weighted by Gasteiger charge is 2.04. The molecular formula is C23H26N6. The Labute approximate surface area is 170 Å². The SMILES string of the molecule is CCNC(=NCc1cnn(-c2ccccc2)c1)NCCc1c[nH]c2ccccc12. The van der Waals surface area contributed by atoms with Gasteiger partial charge in [-0.1, -0.05) is 36.4 Å². The van der Waals surface area contributed by atoms with E-state index in [1.165, 1.54) is 16.5 Å². The number of nitrogens with one attached hydrogen (secondary N) is 3. The predicted molar refractivity (Wildman–Crippen MR) is 118 cm³/mol. The minimum Gasteiger partial charge on any atom is -0.361 e. The van der Waals surface area contributed by atoms with Crippen molar-refractivity contribution >= 4 is 16.9 Å². The molecule has 4 rings (SSSR count). The molecule has 0 unspecified atom stereocenters. The van der Waals surface area contributed by atoms with Crippen LogP contribution in [-0.2, 0) is 13.0 Å². The number of aromatic nitrogens is 3. The van der Waals surface area contributed by atoms with Gasteiger partial charge in [0, 0.05) is 41.9 Å². The lowest BCUT2D eigenvalue weighted by Crippen LogP contribution is -2.38. The van der Waals surface area contributed by atoms with Crippen molar-refractivity contribution in [1.29, 1.82) is 0 Å². The minimum absolute atomic E-state index is 0.579. The molecule has 29 heavy (non-hydrogen) atoms. The van der Waals surface area contributed by atoms with E-state index in [1.807, 2.05) is 47.4 Å². The number of fused-ring (bicyclic) bond motifs is 1. The van der Waals surface area contributed by atoms with E-state index in [-0.39, 0.29) is 0 Å².